The minimum atomic E-state index is -0.513. The lowest BCUT2D eigenvalue weighted by Gasteiger charge is -2.11. The zero-order chi connectivity index (χ0) is 20.4. The van der Waals surface area contributed by atoms with Gasteiger partial charge in [0.2, 0.25) is 0 Å². The van der Waals surface area contributed by atoms with Crippen molar-refractivity contribution in [2.75, 3.05) is 12.4 Å². The molecule has 3 heterocycles. The highest BCUT2D eigenvalue weighted by molar-refractivity contribution is 7.09. The smallest absolute Gasteiger partial charge is 0.339 e. The number of hydrogen-bond donors (Lipinski definition) is 1. The number of carbonyl (C=O) groups excluding carboxylic acids is 2. The van der Waals surface area contributed by atoms with Gasteiger partial charge in [-0.2, -0.15) is 5.10 Å². The Hall–Kier alpha value is -3.52. The summed E-state index contributed by atoms with van der Waals surface area (Å²) in [7, 11) is 1.30. The van der Waals surface area contributed by atoms with Gasteiger partial charge in [-0.1, -0.05) is 18.2 Å². The van der Waals surface area contributed by atoms with Crippen LogP contribution >= 0.6 is 11.3 Å². The van der Waals surface area contributed by atoms with Crippen LogP contribution in [0.5, 0.6) is 0 Å². The fourth-order valence-electron chi connectivity index (χ4n) is 3.10. The number of nitrogens with zero attached hydrogens (tertiary/aromatic N) is 3. The molecule has 0 aliphatic heterocycles. The Kier molecular flexibility index (Phi) is 5.09. The predicted molar refractivity (Wildman–Crippen MR) is 111 cm³/mol. The van der Waals surface area contributed by atoms with Crippen molar-refractivity contribution in [2.24, 2.45) is 0 Å². The molecule has 0 unspecified atom stereocenters. The summed E-state index contributed by atoms with van der Waals surface area (Å²) in [5.41, 5.74) is 2.47. The van der Waals surface area contributed by atoms with E-state index in [0.29, 0.717) is 40.1 Å². The molecule has 4 aromatic rings. The number of ether oxygens (including phenoxy) is 1. The molecule has 0 saturated carbocycles. The molecule has 3 aromatic heterocycles. The molecule has 1 amide bonds. The van der Waals surface area contributed by atoms with Gasteiger partial charge in [-0.25, -0.2) is 14.5 Å². The van der Waals surface area contributed by atoms with Crippen LogP contribution in [0.4, 0.5) is 5.69 Å². The zero-order valence-corrected chi connectivity index (χ0v) is 16.7. The highest BCUT2D eigenvalue weighted by Crippen LogP contribution is 2.23. The first kappa shape index (κ1) is 18.8. The van der Waals surface area contributed by atoms with E-state index in [1.54, 1.807) is 52.5 Å². The number of hydrogen-bond acceptors (Lipinski definition) is 6. The Bertz CT molecular complexity index is 1200. The largest absolute Gasteiger partial charge is 0.465 e. The molecule has 8 heteroatoms. The molecule has 0 bridgehead atoms. The van der Waals surface area contributed by atoms with Crippen molar-refractivity contribution in [1.29, 1.82) is 0 Å². The Morgan fingerprint density at radius 1 is 1.17 bits per heavy atom. The number of rotatable bonds is 5. The summed E-state index contributed by atoms with van der Waals surface area (Å²) >= 11 is 1.64. The molecule has 29 heavy (non-hydrogen) atoms. The molecule has 0 aliphatic carbocycles. The van der Waals surface area contributed by atoms with E-state index in [-0.39, 0.29) is 5.91 Å². The number of amides is 1. The minimum Gasteiger partial charge on any atom is -0.465 e. The van der Waals surface area contributed by atoms with Crippen molar-refractivity contribution < 1.29 is 14.3 Å². The first-order chi connectivity index (χ1) is 14.1. The predicted octanol–water partition coefficient (Wildman–Crippen LogP) is 3.89. The van der Waals surface area contributed by atoms with Crippen LogP contribution in [0.25, 0.3) is 11.0 Å². The summed E-state index contributed by atoms with van der Waals surface area (Å²) < 4.78 is 6.58. The number of fused-ring (bicyclic) bond motifs is 1. The molecule has 4 rings (SSSR count). The summed E-state index contributed by atoms with van der Waals surface area (Å²) in [6.45, 7) is 2.42. The van der Waals surface area contributed by atoms with E-state index in [4.69, 9.17) is 4.74 Å². The first-order valence-corrected chi connectivity index (χ1v) is 9.79. The summed E-state index contributed by atoms with van der Waals surface area (Å²) in [6, 6.07) is 12.5. The van der Waals surface area contributed by atoms with Crippen LogP contribution in [0.15, 0.2) is 54.0 Å². The number of benzene rings is 1. The van der Waals surface area contributed by atoms with Gasteiger partial charge in [-0.05, 0) is 36.6 Å². The van der Waals surface area contributed by atoms with E-state index >= 15 is 0 Å². The van der Waals surface area contributed by atoms with Gasteiger partial charge in [0.05, 0.1) is 42.1 Å². The number of methoxy groups -OCH3 is 1. The highest BCUT2D eigenvalue weighted by atomic mass is 32.1. The number of aryl methyl sites for hydroxylation is 1. The van der Waals surface area contributed by atoms with Crippen LogP contribution in [-0.2, 0) is 11.3 Å². The van der Waals surface area contributed by atoms with Gasteiger partial charge >= 0.3 is 5.97 Å². The maximum Gasteiger partial charge on any atom is 0.339 e. The van der Waals surface area contributed by atoms with Crippen LogP contribution < -0.4 is 5.32 Å². The molecule has 0 spiro atoms. The minimum absolute atomic E-state index is 0.291. The molecule has 0 fully saturated rings. The molecule has 0 radical (unpaired) electrons. The average molecular weight is 406 g/mol. The van der Waals surface area contributed by atoms with Crippen molar-refractivity contribution in [2.45, 2.75) is 13.5 Å². The monoisotopic (exact) mass is 406 g/mol. The fourth-order valence-corrected chi connectivity index (χ4v) is 3.78. The number of thiophene rings is 1. The van der Waals surface area contributed by atoms with Crippen molar-refractivity contribution in [1.82, 2.24) is 14.8 Å². The number of esters is 1. The van der Waals surface area contributed by atoms with Gasteiger partial charge in [-0.3, -0.25) is 4.79 Å². The molecular formula is C21H18N4O3S. The van der Waals surface area contributed by atoms with Gasteiger partial charge in [0.15, 0.2) is 5.65 Å². The molecule has 7 nitrogen and oxygen atoms in total. The van der Waals surface area contributed by atoms with E-state index in [1.165, 1.54) is 7.11 Å². The molecule has 0 atom stereocenters. The van der Waals surface area contributed by atoms with Crippen molar-refractivity contribution in [3.05, 3.63) is 75.7 Å². The van der Waals surface area contributed by atoms with E-state index in [2.05, 4.69) is 15.4 Å². The van der Waals surface area contributed by atoms with E-state index in [0.717, 1.165) is 4.88 Å². The van der Waals surface area contributed by atoms with Crippen molar-refractivity contribution >= 4 is 39.9 Å². The first-order valence-electron chi connectivity index (χ1n) is 8.91. The van der Waals surface area contributed by atoms with Crippen LogP contribution in [0, 0.1) is 6.92 Å². The van der Waals surface area contributed by atoms with E-state index in [1.807, 2.05) is 24.4 Å². The van der Waals surface area contributed by atoms with Crippen molar-refractivity contribution in [3.63, 3.8) is 0 Å². The number of anilines is 1. The molecule has 1 N–H and O–H groups in total. The lowest BCUT2D eigenvalue weighted by atomic mass is 10.1. The number of nitrogens with one attached hydrogen (secondary N) is 1. The van der Waals surface area contributed by atoms with Crippen LogP contribution in [-0.4, -0.2) is 33.8 Å². The SMILES string of the molecule is COC(=O)c1ccccc1NC(=O)c1cc(C)nc2c1cnn2Cc1cccs1. The van der Waals surface area contributed by atoms with Crippen LogP contribution in [0.3, 0.4) is 0 Å². The van der Waals surface area contributed by atoms with Crippen LogP contribution in [0.1, 0.15) is 31.3 Å². The Morgan fingerprint density at radius 2 is 2.00 bits per heavy atom. The van der Waals surface area contributed by atoms with Gasteiger partial charge in [0.25, 0.3) is 5.91 Å². The topological polar surface area (TPSA) is 86.1 Å². The third-order valence-corrected chi connectivity index (χ3v) is 5.31. The third kappa shape index (κ3) is 3.74. The molecule has 0 saturated heterocycles. The number of pyridine rings is 1. The Morgan fingerprint density at radius 3 is 2.76 bits per heavy atom. The summed E-state index contributed by atoms with van der Waals surface area (Å²) in [6.07, 6.45) is 1.65. The number of carbonyl (C=O) groups is 2. The average Bonchev–Trinajstić information content (AvgIpc) is 3.38. The zero-order valence-electron chi connectivity index (χ0n) is 15.9. The molecule has 0 aliphatic rings. The second kappa shape index (κ2) is 7.84. The lowest BCUT2D eigenvalue weighted by Crippen LogP contribution is -2.16. The highest BCUT2D eigenvalue weighted by Gasteiger charge is 2.19. The summed E-state index contributed by atoms with van der Waals surface area (Å²) in [4.78, 5) is 30.7. The van der Waals surface area contributed by atoms with Gasteiger partial charge < -0.3 is 10.1 Å². The molecular weight excluding hydrogens is 388 g/mol. The summed E-state index contributed by atoms with van der Waals surface area (Å²) in [5.74, 6) is -0.853. The van der Waals surface area contributed by atoms with Crippen LogP contribution in [0.2, 0.25) is 0 Å². The van der Waals surface area contributed by atoms with Gasteiger partial charge in [-0.15, -0.1) is 11.3 Å². The maximum absolute atomic E-state index is 13.0. The lowest BCUT2D eigenvalue weighted by molar-refractivity contribution is 0.0602. The molecule has 146 valence electrons. The quantitative estimate of drug-likeness (QED) is 0.508. The number of aromatic nitrogens is 3. The van der Waals surface area contributed by atoms with E-state index < -0.39 is 5.97 Å². The third-order valence-electron chi connectivity index (χ3n) is 4.45. The van der Waals surface area contributed by atoms with E-state index in [9.17, 15) is 9.59 Å². The maximum atomic E-state index is 13.0. The second-order valence-corrected chi connectivity index (χ2v) is 7.45. The fraction of sp³-hybridized carbons (Fsp3) is 0.143. The second-order valence-electron chi connectivity index (χ2n) is 6.42. The number of para-hydroxylation sites is 1. The van der Waals surface area contributed by atoms with Gasteiger partial charge in [0.1, 0.15) is 0 Å². The molecule has 1 aromatic carbocycles. The van der Waals surface area contributed by atoms with Crippen molar-refractivity contribution in [3.8, 4) is 0 Å². The Balaban J connectivity index is 1.70. The Labute approximate surface area is 171 Å². The summed E-state index contributed by atoms with van der Waals surface area (Å²) in [5, 5.41) is 9.91. The normalized spacial score (nSPS) is 10.8. The standard InChI is InChI=1S/C21H18N4O3S/c1-13-10-16(20(26)24-18-8-4-3-7-15(18)21(27)28-2)17-11-22-25(19(17)23-13)12-14-6-5-9-29-14/h3-11H,12H2,1-2H3,(H,24,26). The van der Waals surface area contributed by atoms with Gasteiger partial charge in [0, 0.05) is 10.6 Å².